The highest BCUT2D eigenvalue weighted by Crippen LogP contribution is 2.33. The number of unbranched alkanes of at least 4 members (excludes halogenated alkanes) is 4. The van der Waals surface area contributed by atoms with E-state index in [1.165, 1.54) is 44.4 Å². The average Bonchev–Trinajstić information content (AvgIpc) is 4.30. The summed E-state index contributed by atoms with van der Waals surface area (Å²) < 4.78 is 40.9. The SMILES string of the molecule is CCCCN.CCCCNC(=O)OCOc1ccc2ccc(OCCCCN3CCN(c4cccc5sccc45)CC3)cc2n1.O=C(OCOc1ccc2ccc(OCCCCN3CCN(c4cccc5sccc45)CC3)cc2n1)Oc1ccccc1. The Morgan fingerprint density at radius 1 is 0.517 bits per heavy atom. The lowest BCUT2D eigenvalue weighted by molar-refractivity contribution is 0.0292. The predicted octanol–water partition coefficient (Wildman–Crippen LogP) is 14.0. The first-order valence-corrected chi connectivity index (χ1v) is 32.3. The molecule has 9 aromatic rings. The molecule has 2 aliphatic rings. The van der Waals surface area contributed by atoms with Gasteiger partial charge in [0.1, 0.15) is 17.2 Å². The van der Waals surface area contributed by atoms with Gasteiger partial charge in [0, 0.05) is 125 Å². The number of benzene rings is 5. The average molecular weight is 1220 g/mol. The quantitative estimate of drug-likeness (QED) is 0.0226. The first-order chi connectivity index (χ1) is 42.8. The fraction of sp³-hybridized carbons (Fsp3) is 0.382. The summed E-state index contributed by atoms with van der Waals surface area (Å²) in [6, 6.07) is 45.5. The second-order valence-electron chi connectivity index (χ2n) is 21.2. The molecular weight excluding hydrogens is 1140 g/mol. The summed E-state index contributed by atoms with van der Waals surface area (Å²) in [5.74, 6) is 2.71. The predicted molar refractivity (Wildman–Crippen MR) is 352 cm³/mol. The molecule has 1 amide bonds. The summed E-state index contributed by atoms with van der Waals surface area (Å²) in [6.07, 6.45) is 7.17. The summed E-state index contributed by atoms with van der Waals surface area (Å²) >= 11 is 3.62. The van der Waals surface area contributed by atoms with Crippen LogP contribution in [0.5, 0.6) is 29.0 Å². The molecule has 3 N–H and O–H groups in total. The van der Waals surface area contributed by atoms with E-state index in [1.54, 1.807) is 36.4 Å². The summed E-state index contributed by atoms with van der Waals surface area (Å²) in [5.41, 5.74) is 9.39. The van der Waals surface area contributed by atoms with E-state index in [0.717, 1.165) is 144 Å². The van der Waals surface area contributed by atoms with Crippen LogP contribution in [0.3, 0.4) is 0 Å². The number of amides is 1. The van der Waals surface area contributed by atoms with Gasteiger partial charge in [-0.15, -0.1) is 22.7 Å². The first-order valence-electron chi connectivity index (χ1n) is 30.5. The van der Waals surface area contributed by atoms with Crippen molar-refractivity contribution in [3.63, 3.8) is 0 Å². The van der Waals surface area contributed by atoms with Crippen LogP contribution in [0.1, 0.15) is 65.2 Å². The van der Waals surface area contributed by atoms with Crippen molar-refractivity contribution in [3.05, 3.63) is 150 Å². The highest BCUT2D eigenvalue weighted by molar-refractivity contribution is 7.17. The van der Waals surface area contributed by atoms with Crippen LogP contribution < -0.4 is 44.5 Å². The lowest BCUT2D eigenvalue weighted by Gasteiger charge is -2.36. The molecule has 0 atom stereocenters. The monoisotopic (exact) mass is 1220 g/mol. The minimum Gasteiger partial charge on any atom is -0.494 e. The first kappa shape index (κ1) is 63.6. The van der Waals surface area contributed by atoms with Crippen LogP contribution in [0.2, 0.25) is 0 Å². The Bertz CT molecular complexity index is 3520. The van der Waals surface area contributed by atoms with E-state index < -0.39 is 12.2 Å². The van der Waals surface area contributed by atoms with Crippen LogP contribution in [-0.4, -0.2) is 137 Å². The Kier molecular flexibility index (Phi) is 25.1. The number of hydrogen-bond acceptors (Lipinski definition) is 18. The van der Waals surface area contributed by atoms with Gasteiger partial charge in [-0.1, -0.05) is 57.0 Å². The topological polar surface area (TPSA) is 176 Å². The van der Waals surface area contributed by atoms with Crippen molar-refractivity contribution in [1.82, 2.24) is 25.1 Å². The lowest BCUT2D eigenvalue weighted by atomic mass is 10.2. The van der Waals surface area contributed by atoms with Crippen LogP contribution in [-0.2, 0) is 9.47 Å². The number of anilines is 2. The van der Waals surface area contributed by atoms with Gasteiger partial charge < -0.3 is 54.0 Å². The zero-order valence-electron chi connectivity index (χ0n) is 50.2. The number of aromatic nitrogens is 2. The lowest BCUT2D eigenvalue weighted by Crippen LogP contribution is -2.46. The minimum absolute atomic E-state index is 0.188. The molecule has 5 aromatic carbocycles. The second kappa shape index (κ2) is 34.4. The van der Waals surface area contributed by atoms with E-state index in [1.807, 2.05) is 77.3 Å². The number of nitrogens with one attached hydrogen (secondary N) is 1. The molecule has 2 saturated heterocycles. The number of alkyl carbamates (subject to hydrolysis) is 1. The number of piperazine rings is 2. The van der Waals surface area contributed by atoms with Gasteiger partial charge in [-0.05, 0) is 154 Å². The van der Waals surface area contributed by atoms with Crippen LogP contribution >= 0.6 is 22.7 Å². The molecule has 11 rings (SSSR count). The van der Waals surface area contributed by atoms with Crippen molar-refractivity contribution in [2.45, 2.75) is 65.2 Å². The van der Waals surface area contributed by atoms with Gasteiger partial charge in [-0.3, -0.25) is 9.80 Å². The molecule has 2 aliphatic heterocycles. The number of ether oxygens (including phenoxy) is 7. The van der Waals surface area contributed by atoms with Crippen molar-refractivity contribution in [1.29, 1.82) is 0 Å². The third-order valence-electron chi connectivity index (χ3n) is 15.0. The highest BCUT2D eigenvalue weighted by Gasteiger charge is 2.21. The van der Waals surface area contributed by atoms with Gasteiger partial charge in [0.15, 0.2) is 0 Å². The number of para-hydroxylation sites is 1. The summed E-state index contributed by atoms with van der Waals surface area (Å²) in [7, 11) is 0. The van der Waals surface area contributed by atoms with Gasteiger partial charge in [-0.25, -0.2) is 19.6 Å². The molecule has 17 nitrogen and oxygen atoms in total. The number of carbonyl (C=O) groups excluding carboxylic acids is 2. The number of rotatable bonds is 26. The molecule has 2 fully saturated rings. The Morgan fingerprint density at radius 2 is 1.02 bits per heavy atom. The molecule has 0 radical (unpaired) electrons. The van der Waals surface area contributed by atoms with Crippen molar-refractivity contribution < 1.29 is 42.7 Å². The highest BCUT2D eigenvalue weighted by atomic mass is 32.1. The van der Waals surface area contributed by atoms with E-state index >= 15 is 0 Å². The fourth-order valence-corrected chi connectivity index (χ4v) is 11.8. The Hall–Kier alpha value is -7.94. The summed E-state index contributed by atoms with van der Waals surface area (Å²) in [5, 5.41) is 11.8. The van der Waals surface area contributed by atoms with E-state index in [9.17, 15) is 9.59 Å². The van der Waals surface area contributed by atoms with Crippen molar-refractivity contribution in [2.24, 2.45) is 5.73 Å². The maximum absolute atomic E-state index is 11.8. The Morgan fingerprint density at radius 3 is 1.52 bits per heavy atom. The second-order valence-corrected chi connectivity index (χ2v) is 23.1. The standard InChI is InChI=1S/C33H33N3O5S.C31H38N4O4S.C4H11N/c37-33(41-26-7-2-1-3-8-26)40-24-39-32-14-12-25-11-13-27(23-29(25)34-32)38-21-5-4-16-35-17-19-36(20-18-35)30-9-6-10-31-28(30)15-22-42-31;1-2-3-14-32-31(36)39-23-38-30-12-10-24-9-11-25(22-27(24)33-30)37-20-5-4-15-34-16-18-35(19-17-34)28-7-6-8-29-26(28)13-21-40-29;1-2-3-4-5/h1-3,6-15,22-23H,4-5,16-21,24H2;6-13,21-22H,2-5,14-20,23H2,1H3,(H,32,36);2-5H2,1H3. The van der Waals surface area contributed by atoms with Gasteiger partial charge in [-0.2, -0.15) is 0 Å². The van der Waals surface area contributed by atoms with E-state index in [0.29, 0.717) is 37.3 Å². The van der Waals surface area contributed by atoms with Gasteiger partial charge >= 0.3 is 12.2 Å². The molecule has 19 heteroatoms. The van der Waals surface area contributed by atoms with Gasteiger partial charge in [0.2, 0.25) is 25.3 Å². The number of hydrogen-bond donors (Lipinski definition) is 2. The number of fused-ring (bicyclic) bond motifs is 4. The molecule has 4 aromatic heterocycles. The minimum atomic E-state index is -0.841. The summed E-state index contributed by atoms with van der Waals surface area (Å²) in [4.78, 5) is 42.7. The molecule has 87 heavy (non-hydrogen) atoms. The maximum Gasteiger partial charge on any atom is 0.516 e. The molecule has 0 spiro atoms. The van der Waals surface area contributed by atoms with Crippen LogP contribution in [0, 0.1) is 0 Å². The van der Waals surface area contributed by atoms with Crippen molar-refractivity contribution >= 4 is 88.3 Å². The number of carbonyl (C=O) groups is 2. The number of nitrogens with two attached hydrogens (primary N) is 1. The molecule has 0 saturated carbocycles. The van der Waals surface area contributed by atoms with Gasteiger partial charge in [0.25, 0.3) is 0 Å². The third kappa shape index (κ3) is 19.8. The zero-order chi connectivity index (χ0) is 60.3. The van der Waals surface area contributed by atoms with E-state index in [-0.39, 0.29) is 13.6 Å². The number of nitrogens with zero attached hydrogens (tertiary/aromatic N) is 6. The smallest absolute Gasteiger partial charge is 0.494 e. The molecule has 6 heterocycles. The maximum atomic E-state index is 11.8. The van der Waals surface area contributed by atoms with E-state index in [2.05, 4.69) is 108 Å². The Labute approximate surface area is 518 Å². The number of pyridine rings is 2. The summed E-state index contributed by atoms with van der Waals surface area (Å²) in [6.45, 7) is 17.3. The largest absolute Gasteiger partial charge is 0.516 e. The molecule has 0 aliphatic carbocycles. The number of thiophene rings is 2. The van der Waals surface area contributed by atoms with E-state index in [4.69, 9.17) is 38.9 Å². The molecule has 0 unspecified atom stereocenters. The van der Waals surface area contributed by atoms with Crippen LogP contribution in [0.25, 0.3) is 42.0 Å². The van der Waals surface area contributed by atoms with Crippen molar-refractivity contribution in [2.75, 3.05) is 115 Å². The van der Waals surface area contributed by atoms with Crippen LogP contribution in [0.15, 0.2) is 150 Å². The van der Waals surface area contributed by atoms with Crippen LogP contribution in [0.4, 0.5) is 21.0 Å². The zero-order valence-corrected chi connectivity index (χ0v) is 51.8. The Balaban J connectivity index is 0.000000193. The molecular formula is C68H82N8O9S2. The van der Waals surface area contributed by atoms with Crippen molar-refractivity contribution in [3.8, 4) is 29.0 Å². The fourth-order valence-electron chi connectivity index (χ4n) is 10.2. The third-order valence-corrected chi connectivity index (χ3v) is 16.8. The normalized spacial score (nSPS) is 13.6. The molecule has 0 bridgehead atoms. The van der Waals surface area contributed by atoms with Gasteiger partial charge in [0.05, 0.1) is 24.2 Å². The molecule has 460 valence electrons.